The number of rotatable bonds is 11. The van der Waals surface area contributed by atoms with Crippen molar-refractivity contribution in [1.29, 1.82) is 0 Å². The van der Waals surface area contributed by atoms with Crippen molar-refractivity contribution in [3.63, 3.8) is 0 Å². The Hall–Kier alpha value is -2.39. The van der Waals surface area contributed by atoms with Crippen LogP contribution in [-0.2, 0) is 21.4 Å². The summed E-state index contributed by atoms with van der Waals surface area (Å²) in [7, 11) is -3.55. The zero-order valence-corrected chi connectivity index (χ0v) is 17.3. The lowest BCUT2D eigenvalue weighted by Gasteiger charge is -2.12. The zero-order valence-electron chi connectivity index (χ0n) is 16.5. The predicted octanol–water partition coefficient (Wildman–Crippen LogP) is 1.71. The molecule has 28 heavy (non-hydrogen) atoms. The number of hydrogen-bond acceptors (Lipinski definition) is 5. The van der Waals surface area contributed by atoms with Gasteiger partial charge in [0.15, 0.2) is 6.61 Å². The van der Waals surface area contributed by atoms with Crippen molar-refractivity contribution < 1.29 is 17.9 Å². The lowest BCUT2D eigenvalue weighted by molar-refractivity contribution is -0.123. The molecule has 0 aliphatic carbocycles. The number of amides is 1. The minimum absolute atomic E-state index is 0.121. The van der Waals surface area contributed by atoms with E-state index in [1.807, 2.05) is 24.6 Å². The van der Waals surface area contributed by atoms with Crippen LogP contribution in [0.5, 0.6) is 5.75 Å². The van der Waals surface area contributed by atoms with E-state index in [1.165, 1.54) is 6.07 Å². The van der Waals surface area contributed by atoms with Crippen LogP contribution in [0.4, 0.5) is 0 Å². The van der Waals surface area contributed by atoms with Crippen molar-refractivity contribution in [2.24, 2.45) is 5.92 Å². The molecule has 0 atom stereocenters. The molecule has 8 nitrogen and oxygen atoms in total. The molecule has 0 unspecified atom stereocenters. The van der Waals surface area contributed by atoms with Crippen LogP contribution >= 0.6 is 0 Å². The Morgan fingerprint density at radius 2 is 2.11 bits per heavy atom. The number of sulfonamides is 1. The summed E-state index contributed by atoms with van der Waals surface area (Å²) in [5.41, 5.74) is 0.653. The average molecular weight is 409 g/mol. The van der Waals surface area contributed by atoms with Gasteiger partial charge in [0, 0.05) is 32.0 Å². The molecule has 0 fully saturated rings. The summed E-state index contributed by atoms with van der Waals surface area (Å²) < 4.78 is 34.6. The summed E-state index contributed by atoms with van der Waals surface area (Å²) in [6, 6.07) is 4.60. The number of imidazole rings is 1. The molecule has 2 N–H and O–H groups in total. The van der Waals surface area contributed by atoms with Gasteiger partial charge in [-0.2, -0.15) is 0 Å². The minimum Gasteiger partial charge on any atom is -0.484 e. The minimum atomic E-state index is -3.55. The van der Waals surface area contributed by atoms with E-state index >= 15 is 0 Å². The van der Waals surface area contributed by atoms with E-state index in [0.717, 1.165) is 13.0 Å². The Kier molecular flexibility index (Phi) is 8.01. The average Bonchev–Trinajstić information content (AvgIpc) is 3.16. The van der Waals surface area contributed by atoms with Crippen molar-refractivity contribution in [2.45, 2.75) is 38.6 Å². The number of carbonyl (C=O) groups excluding carboxylic acids is 1. The van der Waals surface area contributed by atoms with E-state index in [-0.39, 0.29) is 23.3 Å². The number of carbonyl (C=O) groups is 1. The number of hydrogen-bond donors (Lipinski definition) is 2. The summed E-state index contributed by atoms with van der Waals surface area (Å²) in [6.07, 6.45) is 6.11. The van der Waals surface area contributed by atoms with Gasteiger partial charge < -0.3 is 14.6 Å². The fourth-order valence-corrected chi connectivity index (χ4v) is 3.71. The van der Waals surface area contributed by atoms with Crippen LogP contribution in [0.25, 0.3) is 0 Å². The van der Waals surface area contributed by atoms with Gasteiger partial charge in [-0.1, -0.05) is 13.8 Å². The number of nitrogens with one attached hydrogen (secondary N) is 2. The first-order chi connectivity index (χ1) is 13.3. The monoisotopic (exact) mass is 408 g/mol. The number of aromatic nitrogens is 2. The summed E-state index contributed by atoms with van der Waals surface area (Å²) in [4.78, 5) is 16.0. The van der Waals surface area contributed by atoms with Crippen LogP contribution in [0.15, 0.2) is 41.8 Å². The van der Waals surface area contributed by atoms with E-state index in [4.69, 9.17) is 4.74 Å². The second-order valence-electron chi connectivity index (χ2n) is 6.97. The maximum absolute atomic E-state index is 12.3. The Morgan fingerprint density at radius 1 is 1.32 bits per heavy atom. The van der Waals surface area contributed by atoms with Crippen LogP contribution < -0.4 is 14.8 Å². The number of nitrogens with zero attached hydrogens (tertiary/aromatic N) is 2. The van der Waals surface area contributed by atoms with Gasteiger partial charge in [-0.25, -0.2) is 18.1 Å². The van der Waals surface area contributed by atoms with Crippen molar-refractivity contribution in [3.05, 3.63) is 42.5 Å². The Bertz CT molecular complexity index is 864. The number of benzene rings is 1. The van der Waals surface area contributed by atoms with E-state index in [1.54, 1.807) is 31.6 Å². The predicted molar refractivity (Wildman–Crippen MR) is 107 cm³/mol. The first kappa shape index (κ1) is 21.9. The van der Waals surface area contributed by atoms with Crippen molar-refractivity contribution in [1.82, 2.24) is 19.6 Å². The molecule has 0 bridgehead atoms. The van der Waals surface area contributed by atoms with Crippen molar-refractivity contribution in [2.75, 3.05) is 19.7 Å². The van der Waals surface area contributed by atoms with Crippen LogP contribution in [0, 0.1) is 12.8 Å². The largest absolute Gasteiger partial charge is 0.484 e. The molecular weight excluding hydrogens is 380 g/mol. The molecule has 154 valence electrons. The number of aryl methyl sites for hydroxylation is 2. The Morgan fingerprint density at radius 3 is 2.75 bits per heavy atom. The van der Waals surface area contributed by atoms with E-state index in [2.05, 4.69) is 15.0 Å². The van der Waals surface area contributed by atoms with Gasteiger partial charge in [-0.15, -0.1) is 0 Å². The van der Waals surface area contributed by atoms with Crippen LogP contribution in [0.2, 0.25) is 0 Å². The molecule has 1 aromatic heterocycles. The van der Waals surface area contributed by atoms with Crippen LogP contribution in [-0.4, -0.2) is 43.6 Å². The van der Waals surface area contributed by atoms with E-state index < -0.39 is 10.0 Å². The summed E-state index contributed by atoms with van der Waals surface area (Å²) in [6.45, 7) is 7.20. The van der Waals surface area contributed by atoms with Gasteiger partial charge in [-0.05, 0) is 43.0 Å². The van der Waals surface area contributed by atoms with Gasteiger partial charge in [-0.3, -0.25) is 4.79 Å². The van der Waals surface area contributed by atoms with Gasteiger partial charge >= 0.3 is 0 Å². The molecule has 0 aliphatic rings. The first-order valence-electron chi connectivity index (χ1n) is 9.23. The fraction of sp³-hybridized carbons (Fsp3) is 0.474. The van der Waals surface area contributed by atoms with Crippen LogP contribution in [0.1, 0.15) is 25.8 Å². The second kappa shape index (κ2) is 10.2. The summed E-state index contributed by atoms with van der Waals surface area (Å²) in [5.74, 6) is 0.480. The maximum Gasteiger partial charge on any atom is 0.257 e. The maximum atomic E-state index is 12.3. The molecular formula is C19H28N4O4S. The van der Waals surface area contributed by atoms with Gasteiger partial charge in [0.25, 0.3) is 5.91 Å². The van der Waals surface area contributed by atoms with Crippen molar-refractivity contribution in [3.8, 4) is 5.75 Å². The smallest absolute Gasteiger partial charge is 0.257 e. The van der Waals surface area contributed by atoms with Gasteiger partial charge in [0.1, 0.15) is 5.75 Å². The molecule has 0 aliphatic heterocycles. The first-order valence-corrected chi connectivity index (χ1v) is 10.7. The highest BCUT2D eigenvalue weighted by Crippen LogP contribution is 2.21. The Labute approximate surface area is 166 Å². The molecule has 1 aromatic carbocycles. The standard InChI is InChI=1S/C19H28N4O4S/c1-15(2)12-22-28(25,26)17-5-6-18(16(3)11-17)27-13-19(24)21-7-4-9-23-10-8-20-14-23/h5-6,8,10-11,14-15,22H,4,7,9,12-13H2,1-3H3,(H,21,24). The zero-order chi connectivity index (χ0) is 20.6. The fourth-order valence-electron chi connectivity index (χ4n) is 2.41. The molecule has 1 amide bonds. The number of ether oxygens (including phenoxy) is 1. The van der Waals surface area contributed by atoms with Gasteiger partial charge in [0.2, 0.25) is 10.0 Å². The third-order valence-corrected chi connectivity index (χ3v) is 5.39. The highest BCUT2D eigenvalue weighted by atomic mass is 32.2. The topological polar surface area (TPSA) is 102 Å². The SMILES string of the molecule is Cc1cc(S(=O)(=O)NCC(C)C)ccc1OCC(=O)NCCCn1ccnc1. The molecule has 0 saturated carbocycles. The molecule has 2 rings (SSSR count). The molecule has 0 spiro atoms. The molecule has 2 aromatic rings. The summed E-state index contributed by atoms with van der Waals surface area (Å²) in [5, 5.41) is 2.79. The third-order valence-electron chi connectivity index (χ3n) is 3.97. The molecule has 1 heterocycles. The van der Waals surface area contributed by atoms with E-state index in [9.17, 15) is 13.2 Å². The quantitative estimate of drug-likeness (QED) is 0.551. The molecule has 0 radical (unpaired) electrons. The molecule has 0 saturated heterocycles. The normalized spacial score (nSPS) is 11.6. The van der Waals surface area contributed by atoms with E-state index in [0.29, 0.717) is 24.4 Å². The lowest BCUT2D eigenvalue weighted by atomic mass is 10.2. The van der Waals surface area contributed by atoms with Crippen LogP contribution in [0.3, 0.4) is 0 Å². The third kappa shape index (κ3) is 6.97. The second-order valence-corrected chi connectivity index (χ2v) is 8.73. The van der Waals surface area contributed by atoms with Gasteiger partial charge in [0.05, 0.1) is 11.2 Å². The Balaban J connectivity index is 1.79. The molecule has 9 heteroatoms. The highest BCUT2D eigenvalue weighted by molar-refractivity contribution is 7.89. The summed E-state index contributed by atoms with van der Waals surface area (Å²) >= 11 is 0. The highest BCUT2D eigenvalue weighted by Gasteiger charge is 2.16. The van der Waals surface area contributed by atoms with Crippen molar-refractivity contribution >= 4 is 15.9 Å². The lowest BCUT2D eigenvalue weighted by Crippen LogP contribution is -2.30.